The molecular weight excluding hydrogens is 214 g/mol. The molecule has 0 spiro atoms. The monoisotopic (exact) mass is 227 g/mol. The number of carbonyl (C=O) groups is 1. The standard InChI is InChI=1S/C10H13NO3S/c12-10(13)4-7-6-14-9(11-7)5-8-2-1-3-15-8/h6,8H,1-5H2,(H,12,13). The lowest BCUT2D eigenvalue weighted by atomic mass is 10.2. The second kappa shape index (κ2) is 4.70. The molecule has 1 aliphatic heterocycles. The molecule has 1 aliphatic rings. The number of hydrogen-bond donors (Lipinski definition) is 1. The maximum absolute atomic E-state index is 10.4. The Morgan fingerprint density at radius 1 is 1.73 bits per heavy atom. The molecule has 1 fully saturated rings. The van der Waals surface area contributed by atoms with E-state index in [1.165, 1.54) is 24.9 Å². The van der Waals surface area contributed by atoms with Crippen LogP contribution in [0, 0.1) is 0 Å². The number of aromatic nitrogens is 1. The Labute approximate surface area is 92.1 Å². The van der Waals surface area contributed by atoms with Crippen LogP contribution >= 0.6 is 11.8 Å². The van der Waals surface area contributed by atoms with E-state index in [2.05, 4.69) is 4.98 Å². The summed E-state index contributed by atoms with van der Waals surface area (Å²) in [5.41, 5.74) is 0.514. The van der Waals surface area contributed by atoms with Crippen LogP contribution < -0.4 is 0 Å². The molecule has 0 aromatic carbocycles. The van der Waals surface area contributed by atoms with E-state index in [0.29, 0.717) is 16.8 Å². The first-order valence-corrected chi connectivity index (χ1v) is 6.05. The Hall–Kier alpha value is -0.970. The minimum Gasteiger partial charge on any atom is -0.481 e. The van der Waals surface area contributed by atoms with E-state index in [4.69, 9.17) is 9.52 Å². The largest absolute Gasteiger partial charge is 0.481 e. The molecule has 1 aromatic heterocycles. The van der Waals surface area contributed by atoms with Crippen LogP contribution in [-0.4, -0.2) is 27.1 Å². The number of nitrogens with zero attached hydrogens (tertiary/aromatic N) is 1. The lowest BCUT2D eigenvalue weighted by Gasteiger charge is -2.02. The van der Waals surface area contributed by atoms with Crippen LogP contribution in [0.2, 0.25) is 0 Å². The smallest absolute Gasteiger partial charge is 0.309 e. The Bertz CT molecular complexity index is 344. The average Bonchev–Trinajstić information content (AvgIpc) is 2.77. The first-order chi connectivity index (χ1) is 7.24. The molecule has 4 nitrogen and oxygen atoms in total. The van der Waals surface area contributed by atoms with Gasteiger partial charge in [-0.05, 0) is 18.6 Å². The van der Waals surface area contributed by atoms with Crippen LogP contribution in [-0.2, 0) is 17.6 Å². The first kappa shape index (κ1) is 10.5. The van der Waals surface area contributed by atoms with Crippen LogP contribution in [0.25, 0.3) is 0 Å². The Balaban J connectivity index is 1.91. The summed E-state index contributed by atoms with van der Waals surface area (Å²) in [6, 6.07) is 0. The summed E-state index contributed by atoms with van der Waals surface area (Å²) in [5, 5.41) is 9.17. The molecule has 1 saturated heterocycles. The lowest BCUT2D eigenvalue weighted by molar-refractivity contribution is -0.136. The highest BCUT2D eigenvalue weighted by molar-refractivity contribution is 8.00. The summed E-state index contributed by atoms with van der Waals surface area (Å²) in [7, 11) is 0. The molecule has 2 heterocycles. The molecule has 2 rings (SSSR count). The van der Waals surface area contributed by atoms with Gasteiger partial charge in [0, 0.05) is 11.7 Å². The fourth-order valence-corrected chi connectivity index (χ4v) is 2.94. The lowest BCUT2D eigenvalue weighted by Crippen LogP contribution is -2.03. The summed E-state index contributed by atoms with van der Waals surface area (Å²) in [5.74, 6) is 1.02. The molecule has 15 heavy (non-hydrogen) atoms. The number of carboxylic acid groups (broad SMARTS) is 1. The third kappa shape index (κ3) is 2.99. The molecule has 82 valence electrons. The van der Waals surface area contributed by atoms with Crippen LogP contribution in [0.3, 0.4) is 0 Å². The number of carboxylic acids is 1. The van der Waals surface area contributed by atoms with Gasteiger partial charge in [0.2, 0.25) is 0 Å². The summed E-state index contributed by atoms with van der Waals surface area (Å²) < 4.78 is 5.24. The Morgan fingerprint density at radius 2 is 2.60 bits per heavy atom. The number of aliphatic carboxylic acids is 1. The van der Waals surface area contributed by atoms with Gasteiger partial charge >= 0.3 is 5.97 Å². The predicted molar refractivity (Wildman–Crippen MR) is 57.0 cm³/mol. The highest BCUT2D eigenvalue weighted by atomic mass is 32.2. The van der Waals surface area contributed by atoms with E-state index in [-0.39, 0.29) is 6.42 Å². The van der Waals surface area contributed by atoms with Crippen LogP contribution in [0.15, 0.2) is 10.7 Å². The van der Waals surface area contributed by atoms with Crippen molar-refractivity contribution >= 4 is 17.7 Å². The zero-order valence-electron chi connectivity index (χ0n) is 8.31. The molecule has 0 bridgehead atoms. The van der Waals surface area contributed by atoms with Crippen molar-refractivity contribution in [1.29, 1.82) is 0 Å². The van der Waals surface area contributed by atoms with Gasteiger partial charge in [-0.15, -0.1) is 0 Å². The molecule has 0 saturated carbocycles. The number of oxazole rings is 1. The van der Waals surface area contributed by atoms with E-state index in [9.17, 15) is 4.79 Å². The third-order valence-electron chi connectivity index (χ3n) is 2.36. The van der Waals surface area contributed by atoms with Crippen molar-refractivity contribution in [3.05, 3.63) is 17.8 Å². The average molecular weight is 227 g/mol. The van der Waals surface area contributed by atoms with Crippen molar-refractivity contribution in [2.75, 3.05) is 5.75 Å². The summed E-state index contributed by atoms with van der Waals surface area (Å²) >= 11 is 1.94. The maximum Gasteiger partial charge on any atom is 0.309 e. The Morgan fingerprint density at radius 3 is 3.27 bits per heavy atom. The normalized spacial score (nSPS) is 20.7. The van der Waals surface area contributed by atoms with Crippen molar-refractivity contribution in [3.63, 3.8) is 0 Å². The van der Waals surface area contributed by atoms with E-state index in [1.54, 1.807) is 0 Å². The second-order valence-electron chi connectivity index (χ2n) is 3.64. The minimum absolute atomic E-state index is 0.0543. The van der Waals surface area contributed by atoms with Crippen LogP contribution in [0.4, 0.5) is 0 Å². The van der Waals surface area contributed by atoms with Crippen LogP contribution in [0.1, 0.15) is 24.4 Å². The summed E-state index contributed by atoms with van der Waals surface area (Å²) in [4.78, 5) is 14.6. The fraction of sp³-hybridized carbons (Fsp3) is 0.600. The summed E-state index contributed by atoms with van der Waals surface area (Å²) in [6.07, 6.45) is 4.69. The zero-order valence-corrected chi connectivity index (χ0v) is 9.13. The van der Waals surface area contributed by atoms with Crippen LogP contribution in [0.5, 0.6) is 0 Å². The number of hydrogen-bond acceptors (Lipinski definition) is 4. The van der Waals surface area contributed by atoms with Crippen molar-refractivity contribution in [2.45, 2.75) is 30.9 Å². The molecule has 1 N–H and O–H groups in total. The summed E-state index contributed by atoms with van der Waals surface area (Å²) in [6.45, 7) is 0. The zero-order chi connectivity index (χ0) is 10.7. The SMILES string of the molecule is O=C(O)Cc1coc(CC2CCCS2)n1. The van der Waals surface area contributed by atoms with Gasteiger partial charge < -0.3 is 9.52 Å². The van der Waals surface area contributed by atoms with Crippen molar-refractivity contribution in [1.82, 2.24) is 4.98 Å². The fourth-order valence-electron chi connectivity index (χ4n) is 1.68. The van der Waals surface area contributed by atoms with E-state index < -0.39 is 5.97 Å². The molecule has 0 aliphatic carbocycles. The van der Waals surface area contributed by atoms with E-state index in [1.807, 2.05) is 11.8 Å². The predicted octanol–water partition coefficient (Wildman–Crippen LogP) is 1.74. The molecule has 1 aromatic rings. The highest BCUT2D eigenvalue weighted by Gasteiger charge is 2.18. The van der Waals surface area contributed by atoms with E-state index >= 15 is 0 Å². The molecule has 0 radical (unpaired) electrons. The van der Waals surface area contributed by atoms with Crippen molar-refractivity contribution < 1.29 is 14.3 Å². The molecule has 1 unspecified atom stereocenters. The number of thioether (sulfide) groups is 1. The van der Waals surface area contributed by atoms with Gasteiger partial charge in [-0.3, -0.25) is 4.79 Å². The van der Waals surface area contributed by atoms with Gasteiger partial charge in [-0.25, -0.2) is 4.98 Å². The Kier molecular flexibility index (Phi) is 3.30. The molecule has 5 heteroatoms. The molecular formula is C10H13NO3S. The van der Waals surface area contributed by atoms with Gasteiger partial charge in [-0.2, -0.15) is 11.8 Å². The van der Waals surface area contributed by atoms with Crippen molar-refractivity contribution in [2.24, 2.45) is 0 Å². The first-order valence-electron chi connectivity index (χ1n) is 5.00. The second-order valence-corrected chi connectivity index (χ2v) is 5.05. The minimum atomic E-state index is -0.870. The van der Waals surface area contributed by atoms with Crippen molar-refractivity contribution in [3.8, 4) is 0 Å². The van der Waals surface area contributed by atoms with Gasteiger partial charge in [0.15, 0.2) is 5.89 Å². The molecule has 1 atom stereocenters. The van der Waals surface area contributed by atoms with E-state index in [0.717, 1.165) is 6.42 Å². The van der Waals surface area contributed by atoms with Gasteiger partial charge in [0.05, 0.1) is 12.1 Å². The topological polar surface area (TPSA) is 63.3 Å². The number of rotatable bonds is 4. The van der Waals surface area contributed by atoms with Gasteiger partial charge in [-0.1, -0.05) is 0 Å². The van der Waals surface area contributed by atoms with Gasteiger partial charge in [0.1, 0.15) is 6.26 Å². The third-order valence-corrected chi connectivity index (χ3v) is 3.76. The maximum atomic E-state index is 10.4. The molecule has 0 amide bonds. The quantitative estimate of drug-likeness (QED) is 0.848. The van der Waals surface area contributed by atoms with Gasteiger partial charge in [0.25, 0.3) is 0 Å². The highest BCUT2D eigenvalue weighted by Crippen LogP contribution is 2.28.